The zero-order valence-electron chi connectivity index (χ0n) is 60.9. The first-order chi connectivity index (χ1) is 47.7. The molecule has 10 atom stereocenters. The Morgan fingerprint density at radius 1 is 0.653 bits per heavy atom. The fourth-order valence-electron chi connectivity index (χ4n) is 15.5. The lowest BCUT2D eigenvalue weighted by Crippen LogP contribution is -2.65. The fraction of sp³-hybridized carbons (Fsp3) is 0.750. The summed E-state index contributed by atoms with van der Waals surface area (Å²) in [6, 6.07) is -8.08. The second-order valence-electron chi connectivity index (χ2n) is 29.9. The number of halogens is 4. The molecule has 4 heterocycles. The predicted molar refractivity (Wildman–Crippen MR) is 368 cm³/mol. The van der Waals surface area contributed by atoms with E-state index in [-0.39, 0.29) is 76.7 Å². The molecule has 8 rings (SSSR count). The summed E-state index contributed by atoms with van der Waals surface area (Å²) in [5.74, 6) is -8.87. The van der Waals surface area contributed by atoms with Crippen LogP contribution in [-0.4, -0.2) is 263 Å². The average Bonchev–Trinajstić information content (AvgIpc) is 1.73. The van der Waals surface area contributed by atoms with Gasteiger partial charge in [-0.05, 0) is 145 Å². The molecule has 0 radical (unpaired) electrons. The molecule has 7 aliphatic rings. The summed E-state index contributed by atoms with van der Waals surface area (Å²) in [5.41, 5.74) is -2.36. The molecule has 0 unspecified atom stereocenters. The lowest BCUT2D eigenvalue weighted by molar-refractivity contribution is -0.161. The zero-order chi connectivity index (χ0) is 74.1. The van der Waals surface area contributed by atoms with Crippen molar-refractivity contribution >= 4 is 82.5 Å². The van der Waals surface area contributed by atoms with Gasteiger partial charge in [0.2, 0.25) is 70.9 Å². The number of likely N-dealkylation sites (tertiary alicyclic amines) is 1. The van der Waals surface area contributed by atoms with Crippen molar-refractivity contribution in [3.05, 3.63) is 34.3 Å². The monoisotopic (exact) mass is 1440 g/mol. The maximum absolute atomic E-state index is 15.7. The van der Waals surface area contributed by atoms with Gasteiger partial charge in [0.25, 0.3) is 0 Å². The van der Waals surface area contributed by atoms with Gasteiger partial charge in [-0.25, -0.2) is 0 Å². The highest BCUT2D eigenvalue weighted by Gasteiger charge is 2.52. The minimum absolute atomic E-state index is 0.0277. The predicted octanol–water partition coefficient (Wildman–Crippen LogP) is 5.16. The lowest BCUT2D eigenvalue weighted by atomic mass is 9.90. The normalized spacial score (nSPS) is 28.3. The average molecular weight is 1440 g/mol. The number of carbonyl (C=O) groups excluding carboxylic acids is 12. The SMILES string of the molecule is CC[C@H](C)[C@@H]1NC(=O)[C@H](CC(C)C)N(C)C(=O)C[C@@H](C(=O)N2CCCCC2)N(C)C(=O)[C@H](C2CCCC2)N(C)C(=O)C2(CCCC2)NC(=O)[C@@H]2CCCN2C(=O)[C@H](CCc2ccc(C(F)(F)F)c(Cl)c2)NC(=O)CN(C)C(=O)[C@H](COC2CCC2)N(C)C(=O)[C@@H]2CCN2C(=O)[C@H](C)N(C)C1=O. The number of nitrogens with zero attached hydrogens (tertiary/aromatic N) is 9. The maximum atomic E-state index is 15.7. The number of hydrogen-bond donors (Lipinski definition) is 3. The fourth-order valence-corrected chi connectivity index (χ4v) is 15.8. The van der Waals surface area contributed by atoms with Crippen LogP contribution in [0.15, 0.2) is 18.2 Å². The van der Waals surface area contributed by atoms with E-state index in [1.165, 1.54) is 89.6 Å². The number of benzene rings is 1. The number of rotatable bonds is 12. The second kappa shape index (κ2) is 34.5. The second-order valence-corrected chi connectivity index (χ2v) is 30.3. The van der Waals surface area contributed by atoms with Gasteiger partial charge in [0, 0.05) is 68.5 Å². The van der Waals surface area contributed by atoms with Gasteiger partial charge in [0.15, 0.2) is 0 Å². The molecule has 4 saturated heterocycles. The van der Waals surface area contributed by atoms with Gasteiger partial charge in [-0.3, -0.25) is 57.5 Å². The van der Waals surface area contributed by atoms with Gasteiger partial charge < -0.3 is 64.8 Å². The number of amides is 12. The van der Waals surface area contributed by atoms with E-state index in [2.05, 4.69) is 16.0 Å². The van der Waals surface area contributed by atoms with Crippen molar-refractivity contribution in [2.45, 2.75) is 248 Å². The Labute approximate surface area is 597 Å². The van der Waals surface area contributed by atoms with Crippen molar-refractivity contribution in [1.82, 2.24) is 60.0 Å². The molecule has 0 bridgehead atoms. The topological polar surface area (TPSA) is 279 Å². The Morgan fingerprint density at radius 2 is 1.31 bits per heavy atom. The van der Waals surface area contributed by atoms with Gasteiger partial charge in [-0.2, -0.15) is 13.2 Å². The molecule has 562 valence electrons. The molecule has 1 aromatic carbocycles. The number of ether oxygens (including phenoxy) is 1. The third-order valence-electron chi connectivity index (χ3n) is 22.6. The minimum Gasteiger partial charge on any atom is -0.376 e. The van der Waals surface area contributed by atoms with Crippen LogP contribution in [0, 0.1) is 17.8 Å². The van der Waals surface area contributed by atoms with E-state index in [1.807, 2.05) is 20.8 Å². The quantitative estimate of drug-likeness (QED) is 0.244. The van der Waals surface area contributed by atoms with Crippen LogP contribution in [0.2, 0.25) is 5.02 Å². The van der Waals surface area contributed by atoms with Crippen LogP contribution in [0.5, 0.6) is 0 Å². The molecule has 3 aliphatic carbocycles. The summed E-state index contributed by atoms with van der Waals surface area (Å²) >= 11 is 6.16. The number of carbonyl (C=O) groups is 12. The van der Waals surface area contributed by atoms with Crippen molar-refractivity contribution in [3.8, 4) is 0 Å². The van der Waals surface area contributed by atoms with E-state index in [0.29, 0.717) is 82.9 Å². The van der Waals surface area contributed by atoms with Crippen molar-refractivity contribution in [2.75, 3.05) is 81.6 Å². The first kappa shape index (κ1) is 79.6. The third-order valence-corrected chi connectivity index (χ3v) is 23.0. The summed E-state index contributed by atoms with van der Waals surface area (Å²) in [7, 11) is 8.55. The molecule has 12 amide bonds. The number of hydrogen-bond acceptors (Lipinski definition) is 13. The van der Waals surface area contributed by atoms with Crippen molar-refractivity contribution in [3.63, 3.8) is 0 Å². The van der Waals surface area contributed by atoms with Crippen LogP contribution in [0.4, 0.5) is 13.2 Å². The van der Waals surface area contributed by atoms with Crippen LogP contribution in [0.1, 0.15) is 181 Å². The zero-order valence-corrected chi connectivity index (χ0v) is 61.6. The highest BCUT2D eigenvalue weighted by Crippen LogP contribution is 2.39. The Hall–Kier alpha value is -7.10. The lowest BCUT2D eigenvalue weighted by Gasteiger charge is -2.45. The van der Waals surface area contributed by atoms with Crippen LogP contribution < -0.4 is 16.0 Å². The summed E-state index contributed by atoms with van der Waals surface area (Å²) in [6.45, 7) is 8.79. The minimum atomic E-state index is -4.76. The molecule has 3 saturated carbocycles. The van der Waals surface area contributed by atoms with E-state index in [9.17, 15) is 41.9 Å². The molecule has 29 heteroatoms. The van der Waals surface area contributed by atoms with Crippen molar-refractivity contribution < 1.29 is 75.4 Å². The van der Waals surface area contributed by atoms with Gasteiger partial charge in [-0.1, -0.05) is 77.5 Å². The number of piperidine rings is 1. The molecule has 3 N–H and O–H groups in total. The molecular formula is C72H108ClF3N12O13. The number of alkyl halides is 3. The van der Waals surface area contributed by atoms with E-state index in [4.69, 9.17) is 16.3 Å². The van der Waals surface area contributed by atoms with Crippen LogP contribution in [0.3, 0.4) is 0 Å². The van der Waals surface area contributed by atoms with Crippen LogP contribution in [-0.2, 0) is 74.9 Å². The third kappa shape index (κ3) is 18.5. The number of likely N-dealkylation sites (N-methyl/N-ethyl adjacent to an activating group) is 6. The molecule has 1 spiro atoms. The first-order valence-electron chi connectivity index (χ1n) is 36.6. The van der Waals surface area contributed by atoms with Gasteiger partial charge in [0.05, 0.1) is 36.3 Å². The number of nitrogens with one attached hydrogen (secondary N) is 3. The maximum Gasteiger partial charge on any atom is 0.417 e. The Morgan fingerprint density at radius 3 is 1.89 bits per heavy atom. The summed E-state index contributed by atoms with van der Waals surface area (Å²) in [5, 5.41) is 8.16. The van der Waals surface area contributed by atoms with Gasteiger partial charge in [-0.15, -0.1) is 0 Å². The summed E-state index contributed by atoms with van der Waals surface area (Å²) < 4.78 is 47.8. The smallest absolute Gasteiger partial charge is 0.376 e. The molecule has 25 nitrogen and oxygen atoms in total. The largest absolute Gasteiger partial charge is 0.417 e. The Bertz CT molecular complexity index is 3210. The molecular weight excluding hydrogens is 1330 g/mol. The molecule has 0 aromatic heterocycles. The molecule has 4 aliphatic heterocycles. The highest BCUT2D eigenvalue weighted by atomic mass is 35.5. The first-order valence-corrected chi connectivity index (χ1v) is 37.0. The van der Waals surface area contributed by atoms with E-state index < -0.39 is 172 Å². The summed E-state index contributed by atoms with van der Waals surface area (Å²) in [6.07, 6.45) is 3.82. The standard InChI is InChI=1S/C72H108ClF3N12O13/c1-12-44(4)59-68(98)81(7)45(5)63(93)88-37-31-53(88)66(96)84(10)56(42-101-48-24-20-25-48)65(95)80(6)41-57(89)77-51(30-28-46-27-29-49(50(73)39-46)72(74,75)76)64(94)87-36-21-26-52(87)62(92)79-71(32-16-17-33-71)70(100)85(11)60(47-22-14-15-23-47)69(99)83(9)55(67(97)86-34-18-13-19-35-86)40-58(90)82(8)54(38-43(2)3)61(91)78-59/h27,29,39,43-45,47-48,51-56,59-60H,12-26,28,30-38,40-42H2,1-11H3,(H,77,89)(H,78,91)(H,79,92)/t44-,45-,51-,52-,53-,54-,55-,56-,59-,60-/m0/s1. The van der Waals surface area contributed by atoms with Crippen molar-refractivity contribution in [1.29, 1.82) is 0 Å². The molecule has 1 aromatic rings. The van der Waals surface area contributed by atoms with Gasteiger partial charge >= 0.3 is 6.18 Å². The van der Waals surface area contributed by atoms with Gasteiger partial charge in [0.1, 0.15) is 59.9 Å². The summed E-state index contributed by atoms with van der Waals surface area (Å²) in [4.78, 5) is 192. The Balaban J connectivity index is 1.17. The van der Waals surface area contributed by atoms with Crippen LogP contribution >= 0.6 is 11.6 Å². The van der Waals surface area contributed by atoms with E-state index in [1.54, 1.807) is 11.8 Å². The van der Waals surface area contributed by atoms with E-state index in [0.717, 1.165) is 42.7 Å². The molecule has 101 heavy (non-hydrogen) atoms. The van der Waals surface area contributed by atoms with Crippen molar-refractivity contribution in [2.24, 2.45) is 17.8 Å². The molecule has 7 fully saturated rings. The van der Waals surface area contributed by atoms with E-state index >= 15 is 28.8 Å². The number of fused-ring (bicyclic) bond motifs is 2. The highest BCUT2D eigenvalue weighted by molar-refractivity contribution is 6.31. The Kier molecular flexibility index (Phi) is 27.2. The number of aryl methyl sites for hydroxylation is 1. The van der Waals surface area contributed by atoms with Crippen LogP contribution in [0.25, 0.3) is 0 Å².